The van der Waals surface area contributed by atoms with E-state index in [-0.39, 0.29) is 0 Å². The first-order valence-corrected chi connectivity index (χ1v) is 10.8. The lowest BCUT2D eigenvalue weighted by Crippen LogP contribution is -2.51. The number of carbonyl (C=O) groups is 1. The average Bonchev–Trinajstić information content (AvgIpc) is 2.76. The number of ether oxygens (including phenoxy) is 2. The van der Waals surface area contributed by atoms with Crippen molar-refractivity contribution in [2.45, 2.75) is 39.8 Å². The maximum atomic E-state index is 11.3. The Bertz CT molecular complexity index is 657. The predicted molar refractivity (Wildman–Crippen MR) is 121 cm³/mol. The average molecular weight is 420 g/mol. The molecular formula is C22H37N5O3. The van der Waals surface area contributed by atoms with Crippen LogP contribution in [0.5, 0.6) is 0 Å². The number of anilines is 1. The van der Waals surface area contributed by atoms with Gasteiger partial charge in [-0.1, -0.05) is 26.0 Å². The Morgan fingerprint density at radius 3 is 2.50 bits per heavy atom. The highest BCUT2D eigenvalue weighted by Crippen LogP contribution is 2.13. The van der Waals surface area contributed by atoms with Crippen LogP contribution in [0.4, 0.5) is 10.5 Å². The zero-order valence-corrected chi connectivity index (χ0v) is 18.7. The number of rotatable bonds is 9. The van der Waals surface area contributed by atoms with Crippen LogP contribution in [-0.2, 0) is 16.0 Å². The molecule has 3 N–H and O–H groups in total. The largest absolute Gasteiger partial charge is 0.453 e. The molecule has 0 radical (unpaired) electrons. The second kappa shape index (κ2) is 13.1. The third-order valence-corrected chi connectivity index (χ3v) is 4.96. The number of aliphatic imine (C=N–C) groups is 1. The molecular weight excluding hydrogens is 382 g/mol. The molecule has 8 nitrogen and oxygen atoms in total. The van der Waals surface area contributed by atoms with Gasteiger partial charge < -0.3 is 20.1 Å². The Morgan fingerprint density at radius 2 is 1.90 bits per heavy atom. The molecule has 1 heterocycles. The van der Waals surface area contributed by atoms with Crippen LogP contribution in [0.25, 0.3) is 0 Å². The molecule has 1 aliphatic heterocycles. The van der Waals surface area contributed by atoms with Crippen molar-refractivity contribution in [2.75, 3.05) is 51.8 Å². The van der Waals surface area contributed by atoms with Gasteiger partial charge in [0, 0.05) is 37.9 Å². The van der Waals surface area contributed by atoms with E-state index < -0.39 is 6.09 Å². The van der Waals surface area contributed by atoms with Gasteiger partial charge in [0.05, 0.1) is 26.9 Å². The van der Waals surface area contributed by atoms with Gasteiger partial charge in [0.25, 0.3) is 0 Å². The van der Waals surface area contributed by atoms with Gasteiger partial charge in [0.2, 0.25) is 0 Å². The van der Waals surface area contributed by atoms with Gasteiger partial charge in [-0.25, -0.2) is 9.79 Å². The quantitative estimate of drug-likeness (QED) is 0.421. The monoisotopic (exact) mass is 419 g/mol. The van der Waals surface area contributed by atoms with Gasteiger partial charge >= 0.3 is 6.09 Å². The van der Waals surface area contributed by atoms with Crippen molar-refractivity contribution in [3.8, 4) is 0 Å². The van der Waals surface area contributed by atoms with Gasteiger partial charge in [0.1, 0.15) is 0 Å². The van der Waals surface area contributed by atoms with Crippen LogP contribution in [-0.4, -0.2) is 69.5 Å². The highest BCUT2D eigenvalue weighted by atomic mass is 16.5. The molecule has 8 heteroatoms. The van der Waals surface area contributed by atoms with Crippen LogP contribution < -0.4 is 16.0 Å². The third kappa shape index (κ3) is 8.59. The maximum Gasteiger partial charge on any atom is 0.411 e. The van der Waals surface area contributed by atoms with E-state index in [2.05, 4.69) is 46.4 Å². The predicted octanol–water partition coefficient (Wildman–Crippen LogP) is 2.67. The van der Waals surface area contributed by atoms with E-state index in [0.29, 0.717) is 24.2 Å². The minimum Gasteiger partial charge on any atom is -0.453 e. The van der Waals surface area contributed by atoms with E-state index in [1.165, 1.54) is 7.11 Å². The van der Waals surface area contributed by atoms with Gasteiger partial charge in [-0.05, 0) is 37.0 Å². The minimum absolute atomic E-state index is 0.460. The fourth-order valence-electron chi connectivity index (χ4n) is 3.44. The number of morpholine rings is 1. The van der Waals surface area contributed by atoms with Crippen molar-refractivity contribution in [1.82, 2.24) is 15.5 Å². The number of benzene rings is 1. The number of hydrogen-bond donors (Lipinski definition) is 3. The van der Waals surface area contributed by atoms with E-state index in [4.69, 9.17) is 9.73 Å². The first-order chi connectivity index (χ1) is 14.5. The molecule has 2 rings (SSSR count). The summed E-state index contributed by atoms with van der Waals surface area (Å²) in [6.07, 6.45) is 0.664. The molecule has 1 unspecified atom stereocenters. The summed E-state index contributed by atoms with van der Waals surface area (Å²) >= 11 is 0. The van der Waals surface area contributed by atoms with Gasteiger partial charge in [-0.3, -0.25) is 10.2 Å². The van der Waals surface area contributed by atoms with E-state index in [1.807, 2.05) is 24.3 Å². The van der Waals surface area contributed by atoms with Crippen LogP contribution >= 0.6 is 0 Å². The SMILES string of the molecule is CCNC(=NCc1ccc(NC(=O)OC)cc1)NCC(CC(C)C)N1CCOCC1. The van der Waals surface area contributed by atoms with Crippen LogP contribution in [0, 0.1) is 5.92 Å². The van der Waals surface area contributed by atoms with Gasteiger partial charge in [-0.15, -0.1) is 0 Å². The van der Waals surface area contributed by atoms with E-state index >= 15 is 0 Å². The molecule has 30 heavy (non-hydrogen) atoms. The Hall–Kier alpha value is -2.32. The van der Waals surface area contributed by atoms with Crippen molar-refractivity contribution < 1.29 is 14.3 Å². The lowest BCUT2D eigenvalue weighted by molar-refractivity contribution is 0.0132. The van der Waals surface area contributed by atoms with Crippen molar-refractivity contribution >= 4 is 17.7 Å². The zero-order chi connectivity index (χ0) is 21.8. The first-order valence-electron chi connectivity index (χ1n) is 10.8. The normalized spacial score (nSPS) is 16.2. The molecule has 0 saturated carbocycles. The third-order valence-electron chi connectivity index (χ3n) is 4.96. The van der Waals surface area contributed by atoms with Crippen molar-refractivity contribution in [1.29, 1.82) is 0 Å². The fraction of sp³-hybridized carbons (Fsp3) is 0.636. The Balaban J connectivity index is 1.94. The topological polar surface area (TPSA) is 87.2 Å². The molecule has 1 atom stereocenters. The lowest BCUT2D eigenvalue weighted by Gasteiger charge is -2.35. The molecule has 1 saturated heterocycles. The minimum atomic E-state index is -0.476. The number of amides is 1. The summed E-state index contributed by atoms with van der Waals surface area (Å²) in [5.74, 6) is 1.45. The molecule has 1 fully saturated rings. The van der Waals surface area contributed by atoms with Gasteiger partial charge in [-0.2, -0.15) is 0 Å². The number of hydrogen-bond acceptors (Lipinski definition) is 5. The Morgan fingerprint density at radius 1 is 1.20 bits per heavy atom. The summed E-state index contributed by atoms with van der Waals surface area (Å²) in [4.78, 5) is 18.5. The zero-order valence-electron chi connectivity index (χ0n) is 18.7. The fourth-order valence-corrected chi connectivity index (χ4v) is 3.44. The number of methoxy groups -OCH3 is 1. The van der Waals surface area contributed by atoms with Crippen molar-refractivity contribution in [3.63, 3.8) is 0 Å². The molecule has 1 aliphatic rings. The summed E-state index contributed by atoms with van der Waals surface area (Å²) in [5, 5.41) is 9.50. The smallest absolute Gasteiger partial charge is 0.411 e. The highest BCUT2D eigenvalue weighted by Gasteiger charge is 2.22. The number of nitrogens with zero attached hydrogens (tertiary/aromatic N) is 2. The molecule has 1 amide bonds. The lowest BCUT2D eigenvalue weighted by atomic mass is 10.0. The van der Waals surface area contributed by atoms with Crippen LogP contribution in [0.3, 0.4) is 0 Å². The first kappa shape index (κ1) is 24.0. The molecule has 1 aromatic rings. The van der Waals surface area contributed by atoms with Crippen molar-refractivity contribution in [3.05, 3.63) is 29.8 Å². The summed E-state index contributed by atoms with van der Waals surface area (Å²) in [5.41, 5.74) is 1.76. The summed E-state index contributed by atoms with van der Waals surface area (Å²) in [6, 6.07) is 8.06. The molecule has 0 bridgehead atoms. The van der Waals surface area contributed by atoms with Gasteiger partial charge in [0.15, 0.2) is 5.96 Å². The number of guanidine groups is 1. The summed E-state index contributed by atoms with van der Waals surface area (Å²) < 4.78 is 10.1. The van der Waals surface area contributed by atoms with E-state index in [9.17, 15) is 4.79 Å². The van der Waals surface area contributed by atoms with Crippen molar-refractivity contribution in [2.24, 2.45) is 10.9 Å². The highest BCUT2D eigenvalue weighted by molar-refractivity contribution is 5.84. The second-order valence-electron chi connectivity index (χ2n) is 7.82. The molecule has 1 aromatic carbocycles. The molecule has 168 valence electrons. The maximum absolute atomic E-state index is 11.3. The number of nitrogens with one attached hydrogen (secondary N) is 3. The number of carbonyl (C=O) groups excluding carboxylic acids is 1. The van der Waals surface area contributed by atoms with Crippen LogP contribution in [0.2, 0.25) is 0 Å². The van der Waals surface area contributed by atoms with Crippen LogP contribution in [0.1, 0.15) is 32.8 Å². The summed E-state index contributed by atoms with van der Waals surface area (Å²) in [7, 11) is 1.35. The van der Waals surface area contributed by atoms with E-state index in [0.717, 1.165) is 57.3 Å². The molecule has 0 aliphatic carbocycles. The Kier molecular flexibility index (Phi) is 10.4. The van der Waals surface area contributed by atoms with Crippen LogP contribution in [0.15, 0.2) is 29.3 Å². The standard InChI is InChI=1S/C22H37N5O3/c1-5-23-21(24-15-18-6-8-19(9-7-18)26-22(28)29-4)25-16-20(14-17(2)3)27-10-12-30-13-11-27/h6-9,17,20H,5,10-16H2,1-4H3,(H,26,28)(H2,23,24,25). The second-order valence-corrected chi connectivity index (χ2v) is 7.82. The molecule has 0 aromatic heterocycles. The Labute approximate surface area is 180 Å². The summed E-state index contributed by atoms with van der Waals surface area (Å²) in [6.45, 7) is 12.4. The molecule has 0 spiro atoms. The van der Waals surface area contributed by atoms with E-state index in [1.54, 1.807) is 0 Å².